The Morgan fingerprint density at radius 3 is 2.60 bits per heavy atom. The summed E-state index contributed by atoms with van der Waals surface area (Å²) >= 11 is 0. The van der Waals surface area contributed by atoms with Crippen molar-refractivity contribution in [1.29, 1.82) is 0 Å². The highest BCUT2D eigenvalue weighted by molar-refractivity contribution is 14.0. The highest BCUT2D eigenvalue weighted by Crippen LogP contribution is 2.17. The van der Waals surface area contributed by atoms with E-state index < -0.39 is 0 Å². The molecule has 3 rings (SSSR count). The maximum atomic E-state index is 11.9. The van der Waals surface area contributed by atoms with E-state index in [2.05, 4.69) is 45.8 Å². The van der Waals surface area contributed by atoms with E-state index in [1.165, 1.54) is 16.8 Å². The van der Waals surface area contributed by atoms with Crippen molar-refractivity contribution in [3.8, 4) is 0 Å². The van der Waals surface area contributed by atoms with E-state index in [0.29, 0.717) is 19.5 Å². The Hall–Kier alpha value is -2.10. The average Bonchev–Trinajstić information content (AvgIpc) is 3.26. The van der Waals surface area contributed by atoms with E-state index in [1.54, 1.807) is 7.05 Å². The van der Waals surface area contributed by atoms with Crippen LogP contribution in [0.25, 0.3) is 0 Å². The highest BCUT2D eigenvalue weighted by Gasteiger charge is 2.20. The molecule has 0 radical (unpaired) electrons. The summed E-state index contributed by atoms with van der Waals surface area (Å²) < 4.78 is 2.04. The molecule has 1 fully saturated rings. The van der Waals surface area contributed by atoms with Gasteiger partial charge in [-0.05, 0) is 43.9 Å². The number of hydrogen-bond acceptors (Lipinski definition) is 3. The molecule has 1 saturated heterocycles. The number of aryl methyl sites for hydroxylation is 3. The van der Waals surface area contributed by atoms with Gasteiger partial charge in [0.1, 0.15) is 0 Å². The van der Waals surface area contributed by atoms with Crippen LogP contribution in [-0.4, -0.2) is 46.7 Å². The van der Waals surface area contributed by atoms with Gasteiger partial charge in [-0.3, -0.25) is 14.5 Å². The van der Waals surface area contributed by atoms with Gasteiger partial charge in [0, 0.05) is 51.9 Å². The largest absolute Gasteiger partial charge is 0.356 e. The number of rotatable bonds is 8. The van der Waals surface area contributed by atoms with Crippen LogP contribution in [0.5, 0.6) is 0 Å². The number of amides is 1. The van der Waals surface area contributed by atoms with Gasteiger partial charge in [0.15, 0.2) is 5.96 Å². The fourth-order valence-electron chi connectivity index (χ4n) is 3.70. The van der Waals surface area contributed by atoms with Gasteiger partial charge in [0.25, 0.3) is 0 Å². The van der Waals surface area contributed by atoms with Crippen LogP contribution in [0.2, 0.25) is 0 Å². The summed E-state index contributed by atoms with van der Waals surface area (Å²) in [5.74, 6) is 1.04. The number of guanidine groups is 1. The Kier molecular flexibility index (Phi) is 9.61. The van der Waals surface area contributed by atoms with Crippen LogP contribution in [0, 0.1) is 13.8 Å². The standard InChI is InChI=1S/C22H32N6O.HI/c1-17-14-18(2)28(26-17)13-7-11-24-22(23-3)25-15-19-8-4-5-9-20(19)16-27-12-6-10-21(27)29;/h4-5,8-9,14H,6-7,10-13,15-16H2,1-3H3,(H2,23,24,25);1H. The molecule has 1 aliphatic rings. The lowest BCUT2D eigenvalue weighted by atomic mass is 10.1. The van der Waals surface area contributed by atoms with Crippen LogP contribution >= 0.6 is 24.0 Å². The third-order valence-electron chi connectivity index (χ3n) is 5.26. The lowest BCUT2D eigenvalue weighted by Crippen LogP contribution is -2.38. The van der Waals surface area contributed by atoms with Crippen molar-refractivity contribution < 1.29 is 4.79 Å². The SMILES string of the molecule is CN=C(NCCCn1nc(C)cc1C)NCc1ccccc1CN1CCCC1=O.I. The van der Waals surface area contributed by atoms with Gasteiger partial charge in [-0.25, -0.2) is 0 Å². The van der Waals surface area contributed by atoms with Crippen LogP contribution in [-0.2, 0) is 24.4 Å². The molecule has 2 heterocycles. The molecule has 2 aromatic rings. The normalized spacial score (nSPS) is 14.0. The van der Waals surface area contributed by atoms with Crippen LogP contribution in [0.4, 0.5) is 0 Å². The maximum absolute atomic E-state index is 11.9. The minimum Gasteiger partial charge on any atom is -0.356 e. The van der Waals surface area contributed by atoms with Crippen molar-refractivity contribution in [2.24, 2.45) is 4.99 Å². The zero-order valence-electron chi connectivity index (χ0n) is 18.1. The Morgan fingerprint density at radius 1 is 1.20 bits per heavy atom. The van der Waals surface area contributed by atoms with Crippen molar-refractivity contribution in [3.63, 3.8) is 0 Å². The van der Waals surface area contributed by atoms with E-state index in [1.807, 2.05) is 28.6 Å². The third kappa shape index (κ3) is 6.72. The molecule has 0 bridgehead atoms. The second-order valence-corrected chi connectivity index (χ2v) is 7.54. The van der Waals surface area contributed by atoms with E-state index in [4.69, 9.17) is 0 Å². The molecular formula is C22H33IN6O. The van der Waals surface area contributed by atoms with Crippen LogP contribution in [0.1, 0.15) is 41.8 Å². The molecular weight excluding hydrogens is 491 g/mol. The summed E-state index contributed by atoms with van der Waals surface area (Å²) in [6.07, 6.45) is 2.61. The monoisotopic (exact) mass is 524 g/mol. The first-order chi connectivity index (χ1) is 14.1. The number of nitrogens with zero attached hydrogens (tertiary/aromatic N) is 4. The number of hydrogen-bond donors (Lipinski definition) is 2. The molecule has 0 atom stereocenters. The Labute approximate surface area is 196 Å². The zero-order chi connectivity index (χ0) is 20.6. The number of aliphatic imine (C=N–C) groups is 1. The first-order valence-corrected chi connectivity index (χ1v) is 10.4. The van der Waals surface area contributed by atoms with Crippen LogP contribution < -0.4 is 10.6 Å². The van der Waals surface area contributed by atoms with E-state index in [0.717, 1.165) is 44.1 Å². The van der Waals surface area contributed by atoms with Gasteiger partial charge in [-0.15, -0.1) is 24.0 Å². The first-order valence-electron chi connectivity index (χ1n) is 10.4. The number of carbonyl (C=O) groups excluding carboxylic acids is 1. The smallest absolute Gasteiger partial charge is 0.222 e. The summed E-state index contributed by atoms with van der Waals surface area (Å²) in [6, 6.07) is 10.4. The molecule has 0 aliphatic carbocycles. The molecule has 7 nitrogen and oxygen atoms in total. The minimum absolute atomic E-state index is 0. The molecule has 1 aliphatic heterocycles. The van der Waals surface area contributed by atoms with Gasteiger partial charge in [0.2, 0.25) is 5.91 Å². The summed E-state index contributed by atoms with van der Waals surface area (Å²) in [6.45, 7) is 8.03. The summed E-state index contributed by atoms with van der Waals surface area (Å²) in [4.78, 5) is 18.2. The molecule has 0 spiro atoms. The second kappa shape index (κ2) is 11.9. The highest BCUT2D eigenvalue weighted by atomic mass is 127. The van der Waals surface area contributed by atoms with E-state index in [9.17, 15) is 4.79 Å². The first kappa shape index (κ1) is 24.2. The average molecular weight is 524 g/mol. The second-order valence-electron chi connectivity index (χ2n) is 7.54. The zero-order valence-corrected chi connectivity index (χ0v) is 20.5. The molecule has 1 aromatic carbocycles. The van der Waals surface area contributed by atoms with Crippen molar-refractivity contribution >= 4 is 35.8 Å². The molecule has 0 saturated carbocycles. The quantitative estimate of drug-likeness (QED) is 0.241. The van der Waals surface area contributed by atoms with Crippen molar-refractivity contribution in [1.82, 2.24) is 25.3 Å². The van der Waals surface area contributed by atoms with E-state index in [-0.39, 0.29) is 29.9 Å². The van der Waals surface area contributed by atoms with Gasteiger partial charge in [-0.1, -0.05) is 24.3 Å². The summed E-state index contributed by atoms with van der Waals surface area (Å²) in [5, 5.41) is 11.3. The Morgan fingerprint density at radius 2 is 1.97 bits per heavy atom. The number of benzene rings is 1. The van der Waals surface area contributed by atoms with Gasteiger partial charge in [-0.2, -0.15) is 5.10 Å². The van der Waals surface area contributed by atoms with Crippen molar-refractivity contribution in [2.75, 3.05) is 20.1 Å². The molecule has 1 amide bonds. The lowest BCUT2D eigenvalue weighted by Gasteiger charge is -2.19. The predicted molar refractivity (Wildman–Crippen MR) is 131 cm³/mol. The molecule has 2 N–H and O–H groups in total. The van der Waals surface area contributed by atoms with Gasteiger partial charge in [0.05, 0.1) is 5.69 Å². The number of likely N-dealkylation sites (tertiary alicyclic amines) is 1. The fourth-order valence-corrected chi connectivity index (χ4v) is 3.70. The van der Waals surface area contributed by atoms with Gasteiger partial charge >= 0.3 is 0 Å². The number of aromatic nitrogens is 2. The molecule has 1 aromatic heterocycles. The topological polar surface area (TPSA) is 74.6 Å². The number of halogens is 1. The van der Waals surface area contributed by atoms with E-state index >= 15 is 0 Å². The molecule has 30 heavy (non-hydrogen) atoms. The summed E-state index contributed by atoms with van der Waals surface area (Å²) in [7, 11) is 1.78. The maximum Gasteiger partial charge on any atom is 0.222 e. The third-order valence-corrected chi connectivity index (χ3v) is 5.26. The molecule has 164 valence electrons. The van der Waals surface area contributed by atoms with Crippen molar-refractivity contribution in [2.45, 2.75) is 52.7 Å². The number of carbonyl (C=O) groups is 1. The summed E-state index contributed by atoms with van der Waals surface area (Å²) in [5.41, 5.74) is 4.63. The van der Waals surface area contributed by atoms with Gasteiger partial charge < -0.3 is 15.5 Å². The molecule has 8 heteroatoms. The predicted octanol–water partition coefficient (Wildman–Crippen LogP) is 3.00. The Balaban J connectivity index is 0.00000320. The fraction of sp³-hybridized carbons (Fsp3) is 0.500. The van der Waals surface area contributed by atoms with Crippen LogP contribution in [0.15, 0.2) is 35.3 Å². The van der Waals surface area contributed by atoms with Crippen molar-refractivity contribution in [3.05, 3.63) is 52.8 Å². The Bertz CT molecular complexity index is 863. The number of nitrogens with one attached hydrogen (secondary N) is 2. The minimum atomic E-state index is 0. The molecule has 0 unspecified atom stereocenters. The lowest BCUT2D eigenvalue weighted by molar-refractivity contribution is -0.128. The van der Waals surface area contributed by atoms with Crippen LogP contribution in [0.3, 0.4) is 0 Å².